The Balaban J connectivity index is 2.22. The number of aliphatic hydroxyl groups excluding tert-OH is 3. The highest BCUT2D eigenvalue weighted by atomic mass is 16.6. The lowest BCUT2D eigenvalue weighted by atomic mass is 9.68. The van der Waals surface area contributed by atoms with Gasteiger partial charge in [-0.25, -0.2) is 0 Å². The van der Waals surface area contributed by atoms with Crippen molar-refractivity contribution in [3.8, 4) is 0 Å². The standard InChI is InChI=1S/C9H16O5/c1-3(2)5-7(12)9(13)6(11)4(10)8(9)14-5/h3-8,10-13H,1-2H3/t4-,5?,6?,7?,8?,9?/m1/s1. The molecule has 1 saturated heterocycles. The second-order valence-corrected chi connectivity index (χ2v) is 4.53. The maximum atomic E-state index is 9.89. The highest BCUT2D eigenvalue weighted by Crippen LogP contribution is 2.47. The van der Waals surface area contributed by atoms with Gasteiger partial charge < -0.3 is 25.2 Å². The van der Waals surface area contributed by atoms with Gasteiger partial charge in [0.1, 0.15) is 30.0 Å². The molecule has 5 nitrogen and oxygen atoms in total. The minimum Gasteiger partial charge on any atom is -0.387 e. The molecule has 0 aromatic rings. The van der Waals surface area contributed by atoms with Crippen LogP contribution in [0.25, 0.3) is 0 Å². The predicted octanol–water partition coefficient (Wildman–Crippen LogP) is -1.76. The Hall–Kier alpha value is -0.200. The van der Waals surface area contributed by atoms with Crippen molar-refractivity contribution in [1.29, 1.82) is 0 Å². The van der Waals surface area contributed by atoms with E-state index < -0.39 is 36.1 Å². The van der Waals surface area contributed by atoms with Gasteiger partial charge in [-0.2, -0.15) is 0 Å². The average molecular weight is 204 g/mol. The van der Waals surface area contributed by atoms with Crippen molar-refractivity contribution in [1.82, 2.24) is 0 Å². The summed E-state index contributed by atoms with van der Waals surface area (Å²) < 4.78 is 5.31. The molecule has 2 fully saturated rings. The fourth-order valence-corrected chi connectivity index (χ4v) is 2.32. The Kier molecular flexibility index (Phi) is 2.14. The lowest BCUT2D eigenvalue weighted by Crippen LogP contribution is -2.75. The minimum atomic E-state index is -1.69. The average Bonchev–Trinajstić information content (AvgIpc) is 2.38. The molecule has 14 heavy (non-hydrogen) atoms. The first-order valence-corrected chi connectivity index (χ1v) is 4.82. The van der Waals surface area contributed by atoms with Crippen LogP contribution < -0.4 is 0 Å². The smallest absolute Gasteiger partial charge is 0.150 e. The van der Waals surface area contributed by atoms with E-state index in [0.717, 1.165) is 0 Å². The Labute approximate surface area is 81.9 Å². The Morgan fingerprint density at radius 3 is 2.14 bits per heavy atom. The number of aliphatic hydroxyl groups is 4. The third-order valence-electron chi connectivity index (χ3n) is 3.31. The summed E-state index contributed by atoms with van der Waals surface area (Å²) >= 11 is 0. The van der Waals surface area contributed by atoms with Crippen LogP contribution in [0.2, 0.25) is 0 Å². The highest BCUT2D eigenvalue weighted by Gasteiger charge is 2.72. The van der Waals surface area contributed by atoms with Crippen molar-refractivity contribution in [2.75, 3.05) is 0 Å². The summed E-state index contributed by atoms with van der Waals surface area (Å²) in [6, 6.07) is 0. The van der Waals surface area contributed by atoms with Gasteiger partial charge in [-0.05, 0) is 5.92 Å². The molecular weight excluding hydrogens is 188 g/mol. The molecule has 4 N–H and O–H groups in total. The summed E-state index contributed by atoms with van der Waals surface area (Å²) in [6.45, 7) is 3.70. The van der Waals surface area contributed by atoms with E-state index in [1.165, 1.54) is 0 Å². The molecular formula is C9H16O5. The molecule has 2 rings (SSSR count). The molecule has 0 aromatic heterocycles. The fraction of sp³-hybridized carbons (Fsp3) is 1.00. The number of rotatable bonds is 1. The lowest BCUT2D eigenvalue weighted by Gasteiger charge is -2.48. The largest absolute Gasteiger partial charge is 0.387 e. The molecule has 0 bridgehead atoms. The Morgan fingerprint density at radius 2 is 1.71 bits per heavy atom. The number of fused-ring (bicyclic) bond motifs is 1. The monoisotopic (exact) mass is 204 g/mol. The van der Waals surface area contributed by atoms with E-state index in [9.17, 15) is 20.4 Å². The normalized spacial score (nSPS) is 57.2. The van der Waals surface area contributed by atoms with E-state index in [1.54, 1.807) is 0 Å². The van der Waals surface area contributed by atoms with Crippen LogP contribution >= 0.6 is 0 Å². The van der Waals surface area contributed by atoms with Crippen LogP contribution in [0.1, 0.15) is 13.8 Å². The summed E-state index contributed by atoms with van der Waals surface area (Å²) in [5.74, 6) is 0.0269. The van der Waals surface area contributed by atoms with Crippen LogP contribution in [-0.4, -0.2) is 56.5 Å². The van der Waals surface area contributed by atoms with Gasteiger partial charge in [0, 0.05) is 0 Å². The first kappa shape index (κ1) is 10.3. The highest BCUT2D eigenvalue weighted by molar-refractivity contribution is 5.21. The molecule has 5 unspecified atom stereocenters. The predicted molar refractivity (Wildman–Crippen MR) is 46.5 cm³/mol. The van der Waals surface area contributed by atoms with Gasteiger partial charge in [0.2, 0.25) is 0 Å². The van der Waals surface area contributed by atoms with Crippen molar-refractivity contribution >= 4 is 0 Å². The van der Waals surface area contributed by atoms with Gasteiger partial charge in [0.15, 0.2) is 0 Å². The van der Waals surface area contributed by atoms with Crippen molar-refractivity contribution in [3.05, 3.63) is 0 Å². The first-order chi connectivity index (χ1) is 6.40. The number of hydrogen-bond acceptors (Lipinski definition) is 5. The van der Waals surface area contributed by atoms with E-state index >= 15 is 0 Å². The van der Waals surface area contributed by atoms with E-state index in [4.69, 9.17) is 4.74 Å². The summed E-state index contributed by atoms with van der Waals surface area (Å²) in [5, 5.41) is 38.3. The maximum Gasteiger partial charge on any atom is 0.150 e. The van der Waals surface area contributed by atoms with Gasteiger partial charge in [0.05, 0.1) is 6.10 Å². The topological polar surface area (TPSA) is 90.2 Å². The van der Waals surface area contributed by atoms with Crippen molar-refractivity contribution < 1.29 is 25.2 Å². The van der Waals surface area contributed by atoms with Gasteiger partial charge >= 0.3 is 0 Å². The van der Waals surface area contributed by atoms with E-state index in [2.05, 4.69) is 0 Å². The minimum absolute atomic E-state index is 0.0269. The summed E-state index contributed by atoms with van der Waals surface area (Å²) in [4.78, 5) is 0. The molecule has 0 radical (unpaired) electrons. The third kappa shape index (κ3) is 0.963. The van der Waals surface area contributed by atoms with Crippen molar-refractivity contribution in [2.45, 2.75) is 50.0 Å². The zero-order valence-corrected chi connectivity index (χ0v) is 8.16. The zero-order chi connectivity index (χ0) is 10.7. The van der Waals surface area contributed by atoms with Crippen LogP contribution in [0.4, 0.5) is 0 Å². The number of ether oxygens (including phenoxy) is 1. The van der Waals surface area contributed by atoms with E-state index in [0.29, 0.717) is 0 Å². The van der Waals surface area contributed by atoms with E-state index in [-0.39, 0.29) is 5.92 Å². The van der Waals surface area contributed by atoms with Crippen molar-refractivity contribution in [2.24, 2.45) is 5.92 Å². The molecule has 0 aromatic carbocycles. The van der Waals surface area contributed by atoms with Crippen LogP contribution in [0.15, 0.2) is 0 Å². The van der Waals surface area contributed by atoms with Crippen LogP contribution in [0, 0.1) is 5.92 Å². The van der Waals surface area contributed by atoms with Crippen LogP contribution in [-0.2, 0) is 4.74 Å². The van der Waals surface area contributed by atoms with Crippen LogP contribution in [0.5, 0.6) is 0 Å². The molecule has 1 saturated carbocycles. The SMILES string of the molecule is CC(C)C1OC2[C@H](O)C(O)C2(O)C1O. The molecule has 1 aliphatic heterocycles. The quantitative estimate of drug-likeness (QED) is 0.406. The Bertz CT molecular complexity index is 243. The van der Waals surface area contributed by atoms with Gasteiger partial charge in [-0.1, -0.05) is 13.8 Å². The van der Waals surface area contributed by atoms with Crippen LogP contribution in [0.3, 0.4) is 0 Å². The number of hydrogen-bond donors (Lipinski definition) is 4. The third-order valence-corrected chi connectivity index (χ3v) is 3.31. The maximum absolute atomic E-state index is 9.89. The summed E-state index contributed by atoms with van der Waals surface area (Å²) in [7, 11) is 0. The summed E-state index contributed by atoms with van der Waals surface area (Å²) in [6.07, 6.45) is -4.94. The summed E-state index contributed by atoms with van der Waals surface area (Å²) in [5.41, 5.74) is -1.69. The Morgan fingerprint density at radius 1 is 1.14 bits per heavy atom. The molecule has 2 aliphatic rings. The van der Waals surface area contributed by atoms with E-state index in [1.807, 2.05) is 13.8 Å². The van der Waals surface area contributed by atoms with Gasteiger partial charge in [-0.15, -0.1) is 0 Å². The lowest BCUT2D eigenvalue weighted by molar-refractivity contribution is -0.278. The molecule has 82 valence electrons. The molecule has 0 amide bonds. The fourth-order valence-electron chi connectivity index (χ4n) is 2.32. The molecule has 1 aliphatic carbocycles. The molecule has 5 heteroatoms. The molecule has 6 atom stereocenters. The van der Waals surface area contributed by atoms with Gasteiger partial charge in [-0.3, -0.25) is 0 Å². The molecule has 1 heterocycles. The second-order valence-electron chi connectivity index (χ2n) is 4.53. The first-order valence-electron chi connectivity index (χ1n) is 4.82. The second kappa shape index (κ2) is 2.90. The molecule has 0 spiro atoms. The zero-order valence-electron chi connectivity index (χ0n) is 8.16. The van der Waals surface area contributed by atoms with Crippen molar-refractivity contribution in [3.63, 3.8) is 0 Å². The van der Waals surface area contributed by atoms with Gasteiger partial charge in [0.25, 0.3) is 0 Å².